The Hall–Kier alpha value is -0.900. The Morgan fingerprint density at radius 2 is 2.05 bits per heavy atom. The average Bonchev–Trinajstić information content (AvgIpc) is 2.65. The van der Waals surface area contributed by atoms with Crippen LogP contribution >= 0.6 is 11.3 Å². The number of aromatic nitrogens is 1. The molecule has 1 heterocycles. The summed E-state index contributed by atoms with van der Waals surface area (Å²) in [7, 11) is 0. The third kappa shape index (κ3) is 2.76. The summed E-state index contributed by atoms with van der Waals surface area (Å²) in [6.07, 6.45) is 6.69. The van der Waals surface area contributed by atoms with Gasteiger partial charge in [0.25, 0.3) is 0 Å². The van der Waals surface area contributed by atoms with Crippen LogP contribution in [0.1, 0.15) is 57.0 Å². The van der Waals surface area contributed by atoms with Crippen LogP contribution in [0.2, 0.25) is 0 Å². The maximum Gasteiger partial charge on any atom is 0.229 e. The van der Waals surface area contributed by atoms with Crippen molar-refractivity contribution in [3.63, 3.8) is 0 Å². The van der Waals surface area contributed by atoms with Crippen molar-refractivity contribution in [1.82, 2.24) is 4.98 Å². The van der Waals surface area contributed by atoms with Gasteiger partial charge in [-0.3, -0.25) is 4.79 Å². The fraction of sp³-hybridized carbons (Fsp3) is 0.750. The van der Waals surface area contributed by atoms with E-state index in [-0.39, 0.29) is 11.8 Å². The molecule has 2 aliphatic carbocycles. The van der Waals surface area contributed by atoms with Gasteiger partial charge in [-0.2, -0.15) is 0 Å². The second-order valence-electron chi connectivity index (χ2n) is 7.31. The third-order valence-electron chi connectivity index (χ3n) is 4.87. The van der Waals surface area contributed by atoms with Crippen molar-refractivity contribution in [2.45, 2.75) is 59.3 Å². The molecule has 0 saturated heterocycles. The monoisotopic (exact) mass is 292 g/mol. The molecule has 110 valence electrons. The summed E-state index contributed by atoms with van der Waals surface area (Å²) >= 11 is 1.69. The normalized spacial score (nSPS) is 23.1. The minimum Gasteiger partial charge on any atom is -0.302 e. The zero-order chi connectivity index (χ0) is 14.3. The molecule has 4 heteroatoms. The Balaban J connectivity index is 1.68. The molecule has 20 heavy (non-hydrogen) atoms. The summed E-state index contributed by atoms with van der Waals surface area (Å²) in [5, 5.41) is 3.84. The predicted molar refractivity (Wildman–Crippen MR) is 83.1 cm³/mol. The minimum atomic E-state index is 0.176. The number of fused-ring (bicyclic) bond motifs is 1. The molecule has 0 aromatic carbocycles. The fourth-order valence-corrected chi connectivity index (χ4v) is 4.14. The van der Waals surface area contributed by atoms with Gasteiger partial charge < -0.3 is 5.32 Å². The number of carbonyl (C=O) groups is 1. The Kier molecular flexibility index (Phi) is 3.61. The van der Waals surface area contributed by atoms with E-state index in [1.165, 1.54) is 23.4 Å². The van der Waals surface area contributed by atoms with Crippen LogP contribution in [0.4, 0.5) is 5.13 Å². The quantitative estimate of drug-likeness (QED) is 0.894. The molecule has 0 bridgehead atoms. The van der Waals surface area contributed by atoms with Crippen molar-refractivity contribution >= 4 is 22.4 Å². The Morgan fingerprint density at radius 3 is 2.65 bits per heavy atom. The number of rotatable bonds is 2. The molecule has 0 aliphatic heterocycles. The second-order valence-corrected chi connectivity index (χ2v) is 8.40. The molecule has 0 radical (unpaired) electrons. The first-order valence-corrected chi connectivity index (χ1v) is 8.54. The van der Waals surface area contributed by atoms with Crippen LogP contribution in [0, 0.1) is 17.3 Å². The molecule has 1 fully saturated rings. The highest BCUT2D eigenvalue weighted by Gasteiger charge is 2.31. The molecular formula is C16H24N2OS. The van der Waals surface area contributed by atoms with E-state index in [0.29, 0.717) is 5.41 Å². The Labute approximate surface area is 125 Å². The van der Waals surface area contributed by atoms with Crippen molar-refractivity contribution in [3.8, 4) is 0 Å². The molecule has 2 aliphatic rings. The molecule has 0 spiro atoms. The first kappa shape index (κ1) is 14.1. The van der Waals surface area contributed by atoms with E-state index < -0.39 is 0 Å². The molecular weight excluding hydrogens is 268 g/mol. The number of nitrogens with zero attached hydrogens (tertiary/aromatic N) is 1. The molecule has 1 saturated carbocycles. The maximum atomic E-state index is 12.0. The van der Waals surface area contributed by atoms with Crippen LogP contribution in [-0.2, 0) is 17.6 Å². The van der Waals surface area contributed by atoms with E-state index in [1.807, 2.05) is 0 Å². The van der Waals surface area contributed by atoms with Crippen LogP contribution in [0.3, 0.4) is 0 Å². The van der Waals surface area contributed by atoms with E-state index in [0.717, 1.165) is 36.7 Å². The van der Waals surface area contributed by atoms with Crippen LogP contribution in [0.15, 0.2) is 0 Å². The van der Waals surface area contributed by atoms with Gasteiger partial charge in [-0.25, -0.2) is 4.98 Å². The zero-order valence-corrected chi connectivity index (χ0v) is 13.5. The van der Waals surface area contributed by atoms with Crippen molar-refractivity contribution in [2.75, 3.05) is 5.32 Å². The van der Waals surface area contributed by atoms with Crippen LogP contribution < -0.4 is 5.32 Å². The lowest BCUT2D eigenvalue weighted by atomic mass is 9.73. The predicted octanol–water partition coefficient (Wildman–Crippen LogP) is 4.03. The van der Waals surface area contributed by atoms with Crippen LogP contribution in [-0.4, -0.2) is 10.9 Å². The van der Waals surface area contributed by atoms with Gasteiger partial charge >= 0.3 is 0 Å². The molecule has 1 unspecified atom stereocenters. The number of amides is 1. The van der Waals surface area contributed by atoms with Gasteiger partial charge in [-0.05, 0) is 43.4 Å². The largest absolute Gasteiger partial charge is 0.302 e. The number of thiazole rings is 1. The van der Waals surface area contributed by atoms with Crippen molar-refractivity contribution in [3.05, 3.63) is 10.6 Å². The highest BCUT2D eigenvalue weighted by Crippen LogP contribution is 2.40. The van der Waals surface area contributed by atoms with E-state index >= 15 is 0 Å². The Bertz CT molecular complexity index is 511. The first-order chi connectivity index (χ1) is 9.43. The lowest BCUT2D eigenvalue weighted by Gasteiger charge is -2.33. The van der Waals surface area contributed by atoms with E-state index in [4.69, 9.17) is 0 Å². The summed E-state index contributed by atoms with van der Waals surface area (Å²) in [4.78, 5) is 18.0. The van der Waals surface area contributed by atoms with Gasteiger partial charge in [0.15, 0.2) is 5.13 Å². The number of hydrogen-bond donors (Lipinski definition) is 1. The molecule has 1 aromatic heterocycles. The number of nitrogens with one attached hydrogen (secondary N) is 1. The maximum absolute atomic E-state index is 12.0. The van der Waals surface area contributed by atoms with Crippen molar-refractivity contribution in [1.29, 1.82) is 0 Å². The lowest BCUT2D eigenvalue weighted by Crippen LogP contribution is -2.28. The van der Waals surface area contributed by atoms with Crippen molar-refractivity contribution in [2.24, 2.45) is 17.3 Å². The van der Waals surface area contributed by atoms with Gasteiger partial charge in [-0.15, -0.1) is 11.3 Å². The number of aryl methyl sites for hydroxylation is 1. The van der Waals surface area contributed by atoms with Gasteiger partial charge in [0.1, 0.15) is 0 Å². The number of anilines is 1. The Morgan fingerprint density at radius 1 is 1.30 bits per heavy atom. The summed E-state index contributed by atoms with van der Waals surface area (Å²) in [5.74, 6) is 1.14. The summed E-state index contributed by atoms with van der Waals surface area (Å²) in [6.45, 7) is 6.97. The third-order valence-corrected chi connectivity index (χ3v) is 5.91. The fourth-order valence-electron chi connectivity index (χ4n) is 3.05. The zero-order valence-electron chi connectivity index (χ0n) is 12.7. The molecule has 1 atom stereocenters. The smallest absolute Gasteiger partial charge is 0.229 e. The summed E-state index contributed by atoms with van der Waals surface area (Å²) < 4.78 is 0. The van der Waals surface area contributed by atoms with Crippen molar-refractivity contribution < 1.29 is 4.79 Å². The average molecular weight is 292 g/mol. The van der Waals surface area contributed by atoms with Gasteiger partial charge in [0, 0.05) is 10.8 Å². The van der Waals surface area contributed by atoms with Gasteiger partial charge in [0.2, 0.25) is 5.91 Å². The van der Waals surface area contributed by atoms with Gasteiger partial charge in [-0.1, -0.05) is 27.2 Å². The lowest BCUT2D eigenvalue weighted by molar-refractivity contribution is -0.122. The summed E-state index contributed by atoms with van der Waals surface area (Å²) in [5.41, 5.74) is 1.58. The standard InChI is InChI=1S/C16H24N2OS/c1-16(2,3)11-7-8-12-13(9-11)20-15(17-12)18-14(19)10-5-4-6-10/h10-11H,4-9H2,1-3H3,(H,17,18,19). The van der Waals surface area contributed by atoms with E-state index in [9.17, 15) is 4.79 Å². The van der Waals surface area contributed by atoms with E-state index in [2.05, 4.69) is 31.1 Å². The SMILES string of the molecule is CC(C)(C)C1CCc2nc(NC(=O)C3CCC3)sc2C1. The topological polar surface area (TPSA) is 42.0 Å². The number of hydrogen-bond acceptors (Lipinski definition) is 3. The first-order valence-electron chi connectivity index (χ1n) is 7.73. The van der Waals surface area contributed by atoms with Crippen LogP contribution in [0.5, 0.6) is 0 Å². The molecule has 1 amide bonds. The highest BCUT2D eigenvalue weighted by molar-refractivity contribution is 7.15. The number of carbonyl (C=O) groups excluding carboxylic acids is 1. The highest BCUT2D eigenvalue weighted by atomic mass is 32.1. The molecule has 1 aromatic rings. The minimum absolute atomic E-state index is 0.176. The molecule has 3 rings (SSSR count). The van der Waals surface area contributed by atoms with Gasteiger partial charge in [0.05, 0.1) is 5.69 Å². The van der Waals surface area contributed by atoms with Crippen LogP contribution in [0.25, 0.3) is 0 Å². The second kappa shape index (κ2) is 5.14. The summed E-state index contributed by atoms with van der Waals surface area (Å²) in [6, 6.07) is 0. The molecule has 1 N–H and O–H groups in total. The molecule has 3 nitrogen and oxygen atoms in total. The van der Waals surface area contributed by atoms with E-state index in [1.54, 1.807) is 11.3 Å².